The van der Waals surface area contributed by atoms with E-state index in [1.165, 1.54) is 0 Å². The summed E-state index contributed by atoms with van der Waals surface area (Å²) in [5.74, 6) is -0.566. The Hall–Kier alpha value is -0.620. The highest BCUT2D eigenvalue weighted by Gasteiger charge is 2.40. The second-order valence-corrected chi connectivity index (χ2v) is 6.40. The largest absolute Gasteiger partial charge is 0.317 e. The lowest BCUT2D eigenvalue weighted by Crippen LogP contribution is -2.55. The highest BCUT2D eigenvalue weighted by molar-refractivity contribution is 7.90. The van der Waals surface area contributed by atoms with E-state index in [1.807, 2.05) is 6.92 Å². The summed E-state index contributed by atoms with van der Waals surface area (Å²) in [6.45, 7) is 3.71. The van der Waals surface area contributed by atoms with Crippen LogP contribution in [-0.2, 0) is 14.8 Å². The zero-order valence-corrected chi connectivity index (χ0v) is 10.6. The number of hydrogen-bond acceptors (Lipinski definition) is 4. The molecule has 0 bridgehead atoms. The first kappa shape index (κ1) is 13.4. The molecule has 16 heavy (non-hydrogen) atoms. The zero-order valence-electron chi connectivity index (χ0n) is 9.82. The molecule has 5 nitrogen and oxygen atoms in total. The Morgan fingerprint density at radius 3 is 2.38 bits per heavy atom. The molecule has 0 heterocycles. The number of rotatable bonds is 6. The Labute approximate surface area is 96.8 Å². The number of carbonyl (C=O) groups excluding carboxylic acids is 1. The van der Waals surface area contributed by atoms with Gasteiger partial charge in [-0.25, -0.2) is 8.42 Å². The lowest BCUT2D eigenvalue weighted by molar-refractivity contribution is -0.124. The molecular formula is C10H20N2O3S. The van der Waals surface area contributed by atoms with E-state index < -0.39 is 21.5 Å². The number of hydrogen-bond donors (Lipinski definition) is 2. The van der Waals surface area contributed by atoms with Crippen molar-refractivity contribution < 1.29 is 13.2 Å². The molecule has 0 aliphatic heterocycles. The monoisotopic (exact) mass is 248 g/mol. The lowest BCUT2D eigenvalue weighted by atomic mass is 9.91. The second kappa shape index (κ2) is 4.71. The van der Waals surface area contributed by atoms with Crippen LogP contribution in [-0.4, -0.2) is 25.1 Å². The van der Waals surface area contributed by atoms with E-state index in [0.29, 0.717) is 25.7 Å². The molecule has 94 valence electrons. The molecule has 1 aliphatic rings. The van der Waals surface area contributed by atoms with Gasteiger partial charge < -0.3 is 5.73 Å². The topological polar surface area (TPSA) is 89.3 Å². The molecule has 0 saturated heterocycles. The molecule has 0 spiro atoms. The van der Waals surface area contributed by atoms with Crippen LogP contribution in [0, 0.1) is 0 Å². The summed E-state index contributed by atoms with van der Waals surface area (Å²) in [4.78, 5) is 11.8. The summed E-state index contributed by atoms with van der Waals surface area (Å²) in [6.07, 6.45) is 2.96. The molecule has 1 amide bonds. The van der Waals surface area contributed by atoms with Crippen molar-refractivity contribution >= 4 is 15.9 Å². The van der Waals surface area contributed by atoms with Crippen molar-refractivity contribution in [3.63, 3.8) is 0 Å². The molecule has 1 atom stereocenters. The summed E-state index contributed by atoms with van der Waals surface area (Å²) in [7, 11) is -3.48. The van der Waals surface area contributed by atoms with E-state index in [2.05, 4.69) is 4.72 Å². The standard InChI is InChI=1S/C10H20N2O3S/c1-3-7-10(11,4-2)9(13)12-16(14,15)8-5-6-8/h8H,3-7,11H2,1-2H3,(H,12,13)/t10-/m1/s1. The predicted molar refractivity (Wildman–Crippen MR) is 62.2 cm³/mol. The highest BCUT2D eigenvalue weighted by atomic mass is 32.2. The van der Waals surface area contributed by atoms with Crippen molar-refractivity contribution in [2.75, 3.05) is 0 Å². The number of sulfonamides is 1. The molecule has 1 saturated carbocycles. The number of carbonyl (C=O) groups is 1. The first-order valence-corrected chi connectivity index (χ1v) is 7.25. The van der Waals surface area contributed by atoms with Crippen molar-refractivity contribution in [2.24, 2.45) is 5.73 Å². The quantitative estimate of drug-likeness (QED) is 0.716. The SMILES string of the molecule is CCC[C@](N)(CC)C(=O)NS(=O)(=O)C1CC1. The molecule has 1 aliphatic carbocycles. The Kier molecular flexibility index (Phi) is 3.96. The molecular weight excluding hydrogens is 228 g/mol. The third kappa shape index (κ3) is 2.95. The van der Waals surface area contributed by atoms with Gasteiger partial charge in [0.1, 0.15) is 0 Å². The summed E-state index contributed by atoms with van der Waals surface area (Å²) < 4.78 is 25.3. The summed E-state index contributed by atoms with van der Waals surface area (Å²) in [5.41, 5.74) is 4.84. The maximum absolute atomic E-state index is 11.8. The van der Waals surface area contributed by atoms with Gasteiger partial charge in [0.05, 0.1) is 10.8 Å². The molecule has 0 aromatic carbocycles. The second-order valence-electron chi connectivity index (χ2n) is 4.44. The van der Waals surface area contributed by atoms with Gasteiger partial charge in [0.2, 0.25) is 10.0 Å². The Morgan fingerprint density at radius 1 is 1.44 bits per heavy atom. The van der Waals surface area contributed by atoms with Crippen molar-refractivity contribution in [2.45, 2.75) is 56.7 Å². The zero-order chi connectivity index (χ0) is 12.4. The average molecular weight is 248 g/mol. The van der Waals surface area contributed by atoms with Crippen molar-refractivity contribution in [3.05, 3.63) is 0 Å². The molecule has 3 N–H and O–H groups in total. The van der Waals surface area contributed by atoms with E-state index in [9.17, 15) is 13.2 Å². The van der Waals surface area contributed by atoms with Crippen molar-refractivity contribution in [3.8, 4) is 0 Å². The van der Waals surface area contributed by atoms with E-state index in [4.69, 9.17) is 5.73 Å². The van der Waals surface area contributed by atoms with Crippen LogP contribution in [0.5, 0.6) is 0 Å². The van der Waals surface area contributed by atoms with Gasteiger partial charge >= 0.3 is 0 Å². The Balaban J connectivity index is 2.69. The summed E-state index contributed by atoms with van der Waals surface area (Å²) in [6, 6.07) is 0. The minimum Gasteiger partial charge on any atom is -0.317 e. The van der Waals surface area contributed by atoms with Crippen LogP contribution in [0.25, 0.3) is 0 Å². The fraction of sp³-hybridized carbons (Fsp3) is 0.900. The molecule has 0 aromatic rings. The van der Waals surface area contributed by atoms with Crippen molar-refractivity contribution in [1.29, 1.82) is 0 Å². The molecule has 1 rings (SSSR count). The molecule has 1 fully saturated rings. The van der Waals surface area contributed by atoms with Crippen LogP contribution >= 0.6 is 0 Å². The maximum Gasteiger partial charge on any atom is 0.253 e. The summed E-state index contributed by atoms with van der Waals surface area (Å²) in [5, 5.41) is -0.390. The Bertz CT molecular complexity index is 362. The van der Waals surface area contributed by atoms with Crippen molar-refractivity contribution in [1.82, 2.24) is 4.72 Å². The van der Waals surface area contributed by atoms with Gasteiger partial charge in [-0.15, -0.1) is 0 Å². The Morgan fingerprint density at radius 2 is 2.00 bits per heavy atom. The highest BCUT2D eigenvalue weighted by Crippen LogP contribution is 2.28. The molecule has 0 radical (unpaired) electrons. The smallest absolute Gasteiger partial charge is 0.253 e. The lowest BCUT2D eigenvalue weighted by Gasteiger charge is -2.26. The van der Waals surface area contributed by atoms with Crippen LogP contribution in [0.4, 0.5) is 0 Å². The van der Waals surface area contributed by atoms with Gasteiger partial charge in [-0.2, -0.15) is 0 Å². The molecule has 6 heteroatoms. The van der Waals surface area contributed by atoms with Crippen LogP contribution in [0.15, 0.2) is 0 Å². The number of amides is 1. The normalized spacial score (nSPS) is 20.2. The van der Waals surface area contributed by atoms with Gasteiger partial charge in [-0.1, -0.05) is 20.3 Å². The molecule has 0 unspecified atom stereocenters. The predicted octanol–water partition coefficient (Wildman–Crippen LogP) is 0.502. The number of nitrogens with one attached hydrogen (secondary N) is 1. The fourth-order valence-corrected chi connectivity index (χ4v) is 2.97. The fourth-order valence-electron chi connectivity index (χ4n) is 1.59. The minimum absolute atomic E-state index is 0.390. The third-order valence-electron chi connectivity index (χ3n) is 2.98. The van der Waals surface area contributed by atoms with Crippen LogP contribution in [0.3, 0.4) is 0 Å². The summed E-state index contributed by atoms with van der Waals surface area (Å²) >= 11 is 0. The molecule has 0 aromatic heterocycles. The van der Waals surface area contributed by atoms with Crippen LogP contribution < -0.4 is 10.5 Å². The van der Waals surface area contributed by atoms with Gasteiger partial charge in [0.15, 0.2) is 0 Å². The van der Waals surface area contributed by atoms with Crippen LogP contribution in [0.2, 0.25) is 0 Å². The van der Waals surface area contributed by atoms with E-state index in [1.54, 1.807) is 6.92 Å². The first-order chi connectivity index (χ1) is 7.35. The van der Waals surface area contributed by atoms with Crippen LogP contribution in [0.1, 0.15) is 46.0 Å². The number of nitrogens with two attached hydrogens (primary N) is 1. The average Bonchev–Trinajstić information content (AvgIpc) is 3.00. The van der Waals surface area contributed by atoms with E-state index in [0.717, 1.165) is 6.42 Å². The van der Waals surface area contributed by atoms with E-state index in [-0.39, 0.29) is 5.25 Å². The van der Waals surface area contributed by atoms with Gasteiger partial charge in [0, 0.05) is 0 Å². The maximum atomic E-state index is 11.8. The van der Waals surface area contributed by atoms with Gasteiger partial charge in [0.25, 0.3) is 5.91 Å². The minimum atomic E-state index is -3.48. The first-order valence-electron chi connectivity index (χ1n) is 5.70. The van der Waals surface area contributed by atoms with Gasteiger partial charge in [-0.05, 0) is 25.7 Å². The van der Waals surface area contributed by atoms with Gasteiger partial charge in [-0.3, -0.25) is 9.52 Å². The van der Waals surface area contributed by atoms with E-state index >= 15 is 0 Å². The third-order valence-corrected chi connectivity index (χ3v) is 4.80.